The molecule has 1 rings (SSSR count). The van der Waals surface area contributed by atoms with Crippen LogP contribution in [0.15, 0.2) is 12.4 Å². The Hall–Kier alpha value is -2.05. The summed E-state index contributed by atoms with van der Waals surface area (Å²) in [6.07, 6.45) is 3.27. The largest absolute Gasteiger partial charge is 0.465 e. The van der Waals surface area contributed by atoms with Gasteiger partial charge >= 0.3 is 12.0 Å². The maximum atomic E-state index is 11.4. The minimum absolute atomic E-state index is 0.148. The van der Waals surface area contributed by atoms with E-state index in [1.807, 2.05) is 0 Å². The third-order valence-electron chi connectivity index (χ3n) is 1.98. The zero-order valence-electron chi connectivity index (χ0n) is 9.82. The van der Waals surface area contributed by atoms with Gasteiger partial charge in [0.25, 0.3) is 0 Å². The van der Waals surface area contributed by atoms with Crippen molar-refractivity contribution < 1.29 is 14.3 Å². The van der Waals surface area contributed by atoms with Crippen molar-refractivity contribution in [3.63, 3.8) is 0 Å². The van der Waals surface area contributed by atoms with Gasteiger partial charge in [-0.05, 0) is 13.8 Å². The summed E-state index contributed by atoms with van der Waals surface area (Å²) in [7, 11) is 0. The third kappa shape index (κ3) is 4.54. The molecule has 7 heteroatoms. The normalized spacial score (nSPS) is 11.6. The molecule has 1 heterocycles. The fourth-order valence-electron chi connectivity index (χ4n) is 1.19. The SMILES string of the molecule is CCOC(=O)CNC(=O)NC(C)c1ncc[nH]1. The van der Waals surface area contributed by atoms with Crippen LogP contribution in [0.1, 0.15) is 25.7 Å². The molecule has 7 nitrogen and oxygen atoms in total. The van der Waals surface area contributed by atoms with Crippen LogP contribution in [0.3, 0.4) is 0 Å². The highest BCUT2D eigenvalue weighted by Crippen LogP contribution is 2.03. The van der Waals surface area contributed by atoms with Crippen molar-refractivity contribution in [1.29, 1.82) is 0 Å². The highest BCUT2D eigenvalue weighted by atomic mass is 16.5. The summed E-state index contributed by atoms with van der Waals surface area (Å²) in [6, 6.07) is -0.700. The number of hydrogen-bond acceptors (Lipinski definition) is 4. The zero-order valence-corrected chi connectivity index (χ0v) is 9.82. The van der Waals surface area contributed by atoms with Gasteiger partial charge in [-0.25, -0.2) is 9.78 Å². The highest BCUT2D eigenvalue weighted by Gasteiger charge is 2.11. The Morgan fingerprint density at radius 3 is 2.94 bits per heavy atom. The second-order valence-corrected chi connectivity index (χ2v) is 3.33. The van der Waals surface area contributed by atoms with E-state index < -0.39 is 12.0 Å². The van der Waals surface area contributed by atoms with Crippen molar-refractivity contribution in [2.24, 2.45) is 0 Å². The molecular formula is C10H16N4O3. The molecule has 17 heavy (non-hydrogen) atoms. The number of aromatic amines is 1. The molecule has 0 saturated heterocycles. The fourth-order valence-corrected chi connectivity index (χ4v) is 1.19. The van der Waals surface area contributed by atoms with E-state index in [-0.39, 0.29) is 12.6 Å². The predicted octanol–water partition coefficient (Wildman–Crippen LogP) is 0.333. The first-order valence-corrected chi connectivity index (χ1v) is 5.32. The number of H-pyrrole nitrogens is 1. The molecule has 0 aliphatic rings. The van der Waals surface area contributed by atoms with E-state index in [1.54, 1.807) is 26.2 Å². The van der Waals surface area contributed by atoms with E-state index in [0.29, 0.717) is 12.4 Å². The quantitative estimate of drug-likeness (QED) is 0.646. The summed E-state index contributed by atoms with van der Waals surface area (Å²) in [5.41, 5.74) is 0. The van der Waals surface area contributed by atoms with E-state index in [2.05, 4.69) is 25.3 Å². The molecule has 1 aromatic rings. The molecule has 0 radical (unpaired) electrons. The average molecular weight is 240 g/mol. The number of hydrogen-bond donors (Lipinski definition) is 3. The highest BCUT2D eigenvalue weighted by molar-refractivity contribution is 5.80. The van der Waals surface area contributed by atoms with E-state index in [9.17, 15) is 9.59 Å². The van der Waals surface area contributed by atoms with Crippen LogP contribution in [-0.4, -0.2) is 35.1 Å². The molecule has 1 aromatic heterocycles. The molecule has 1 unspecified atom stereocenters. The predicted molar refractivity (Wildman–Crippen MR) is 60.2 cm³/mol. The maximum absolute atomic E-state index is 11.4. The van der Waals surface area contributed by atoms with Gasteiger partial charge < -0.3 is 20.4 Å². The van der Waals surface area contributed by atoms with Gasteiger partial charge in [0.1, 0.15) is 12.4 Å². The van der Waals surface area contributed by atoms with Gasteiger partial charge in [-0.15, -0.1) is 0 Å². The van der Waals surface area contributed by atoms with E-state index >= 15 is 0 Å². The maximum Gasteiger partial charge on any atom is 0.325 e. The van der Waals surface area contributed by atoms with Crippen LogP contribution in [0.5, 0.6) is 0 Å². The van der Waals surface area contributed by atoms with Crippen molar-refractivity contribution in [1.82, 2.24) is 20.6 Å². The van der Waals surface area contributed by atoms with Crippen LogP contribution in [0.4, 0.5) is 4.79 Å². The summed E-state index contributed by atoms with van der Waals surface area (Å²) in [5.74, 6) is 0.185. The van der Waals surface area contributed by atoms with Gasteiger partial charge in [-0.2, -0.15) is 0 Å². The Kier molecular flexibility index (Phi) is 4.99. The fraction of sp³-hybridized carbons (Fsp3) is 0.500. The Bertz CT molecular complexity index is 364. The monoisotopic (exact) mass is 240 g/mol. The van der Waals surface area contributed by atoms with Crippen molar-refractivity contribution >= 4 is 12.0 Å². The van der Waals surface area contributed by atoms with E-state index in [0.717, 1.165) is 0 Å². The van der Waals surface area contributed by atoms with Crippen LogP contribution in [0.25, 0.3) is 0 Å². The summed E-state index contributed by atoms with van der Waals surface area (Å²) in [5, 5.41) is 5.02. The number of nitrogens with zero attached hydrogens (tertiary/aromatic N) is 1. The molecule has 0 spiro atoms. The number of esters is 1. The molecule has 0 fully saturated rings. The number of carbonyl (C=O) groups excluding carboxylic acids is 2. The number of imidazole rings is 1. The van der Waals surface area contributed by atoms with Gasteiger partial charge in [0.2, 0.25) is 0 Å². The van der Waals surface area contributed by atoms with Gasteiger partial charge in [-0.3, -0.25) is 4.79 Å². The Morgan fingerprint density at radius 2 is 2.35 bits per heavy atom. The molecule has 3 N–H and O–H groups in total. The summed E-state index contributed by atoms with van der Waals surface area (Å²) >= 11 is 0. The van der Waals surface area contributed by atoms with Crippen molar-refractivity contribution in [2.45, 2.75) is 19.9 Å². The molecule has 94 valence electrons. The Morgan fingerprint density at radius 1 is 1.59 bits per heavy atom. The number of amides is 2. The van der Waals surface area contributed by atoms with Crippen LogP contribution in [-0.2, 0) is 9.53 Å². The molecular weight excluding hydrogens is 224 g/mol. The lowest BCUT2D eigenvalue weighted by molar-refractivity contribution is -0.141. The summed E-state index contributed by atoms with van der Waals surface area (Å²) < 4.78 is 4.67. The number of rotatable bonds is 5. The minimum Gasteiger partial charge on any atom is -0.465 e. The number of nitrogens with one attached hydrogen (secondary N) is 3. The molecule has 2 amide bonds. The first kappa shape index (κ1) is 13.0. The standard InChI is InChI=1S/C10H16N4O3/c1-3-17-8(15)6-13-10(16)14-7(2)9-11-4-5-12-9/h4-5,7H,3,6H2,1-2H3,(H,11,12)(H2,13,14,16). The lowest BCUT2D eigenvalue weighted by Gasteiger charge is -2.12. The topological polar surface area (TPSA) is 96.1 Å². The lowest BCUT2D eigenvalue weighted by atomic mass is 10.3. The van der Waals surface area contributed by atoms with Gasteiger partial charge in [-0.1, -0.05) is 0 Å². The second kappa shape index (κ2) is 6.51. The van der Waals surface area contributed by atoms with Crippen LogP contribution in [0, 0.1) is 0 Å². The molecule has 0 bridgehead atoms. The van der Waals surface area contributed by atoms with Gasteiger partial charge in [0.05, 0.1) is 12.6 Å². The number of ether oxygens (including phenoxy) is 1. The molecule has 0 aliphatic carbocycles. The van der Waals surface area contributed by atoms with Crippen LogP contribution >= 0.6 is 0 Å². The molecule has 0 aliphatic heterocycles. The minimum atomic E-state index is -0.465. The summed E-state index contributed by atoms with van der Waals surface area (Å²) in [6.45, 7) is 3.63. The number of aromatic nitrogens is 2. The third-order valence-corrected chi connectivity index (χ3v) is 1.98. The van der Waals surface area contributed by atoms with Crippen LogP contribution in [0.2, 0.25) is 0 Å². The Labute approximate surface area is 99.0 Å². The van der Waals surface area contributed by atoms with Crippen LogP contribution < -0.4 is 10.6 Å². The smallest absolute Gasteiger partial charge is 0.325 e. The lowest BCUT2D eigenvalue weighted by Crippen LogP contribution is -2.40. The first-order chi connectivity index (χ1) is 8.13. The van der Waals surface area contributed by atoms with Gasteiger partial charge in [0, 0.05) is 12.4 Å². The van der Waals surface area contributed by atoms with Crippen molar-refractivity contribution in [3.8, 4) is 0 Å². The molecule has 1 atom stereocenters. The number of carbonyl (C=O) groups is 2. The molecule has 0 saturated carbocycles. The Balaban J connectivity index is 2.28. The van der Waals surface area contributed by atoms with E-state index in [1.165, 1.54) is 0 Å². The van der Waals surface area contributed by atoms with Gasteiger partial charge in [0.15, 0.2) is 0 Å². The zero-order chi connectivity index (χ0) is 12.7. The molecule has 0 aromatic carbocycles. The van der Waals surface area contributed by atoms with E-state index in [4.69, 9.17) is 0 Å². The first-order valence-electron chi connectivity index (χ1n) is 5.32. The van der Waals surface area contributed by atoms with Crippen molar-refractivity contribution in [2.75, 3.05) is 13.2 Å². The second-order valence-electron chi connectivity index (χ2n) is 3.33. The number of urea groups is 1. The summed E-state index contributed by atoms with van der Waals surface area (Å²) in [4.78, 5) is 29.3. The van der Waals surface area contributed by atoms with Crippen molar-refractivity contribution in [3.05, 3.63) is 18.2 Å². The average Bonchev–Trinajstić information content (AvgIpc) is 2.80.